The molecule has 3 aliphatic rings. The van der Waals surface area contributed by atoms with E-state index < -0.39 is 54.3 Å². The number of nitrogens with zero attached hydrogens (tertiary/aromatic N) is 13. The van der Waals surface area contributed by atoms with Gasteiger partial charge in [0.05, 0.1) is 64.5 Å². The molecule has 0 bridgehead atoms. The van der Waals surface area contributed by atoms with E-state index in [1.54, 1.807) is 123 Å². The molecule has 6 heterocycles. The normalized spacial score (nSPS) is 13.8. The van der Waals surface area contributed by atoms with E-state index in [0.717, 1.165) is 5.56 Å². The number of hydrogen-bond acceptors (Lipinski definition) is 16. The van der Waals surface area contributed by atoms with Crippen LogP contribution in [0.15, 0.2) is 202 Å². The summed E-state index contributed by atoms with van der Waals surface area (Å²) in [7, 11) is 3.78. The molecule has 14 rings (SSSR count). The maximum atomic E-state index is 13.5. The van der Waals surface area contributed by atoms with Crippen LogP contribution in [0.25, 0.3) is 32.7 Å². The van der Waals surface area contributed by atoms with Gasteiger partial charge in [-0.25, -0.2) is 4.39 Å². The highest BCUT2D eigenvalue weighted by molar-refractivity contribution is 6.42. The third-order valence-electron chi connectivity index (χ3n) is 19.2. The molecule has 0 unspecified atom stereocenters. The van der Waals surface area contributed by atoms with Crippen LogP contribution in [-0.2, 0) is 19.6 Å². The summed E-state index contributed by atoms with van der Waals surface area (Å²) in [5, 5.41) is 40.2. The van der Waals surface area contributed by atoms with Gasteiger partial charge in [-0.1, -0.05) is 155 Å². The number of nitro groups is 3. The first-order chi connectivity index (χ1) is 52.4. The lowest BCUT2D eigenvalue weighted by Crippen LogP contribution is -2.49. The maximum Gasteiger partial charge on any atom is 0.357 e. The van der Waals surface area contributed by atoms with Gasteiger partial charge < -0.3 is 38.9 Å². The van der Waals surface area contributed by atoms with Gasteiger partial charge in [-0.15, -0.1) is 0 Å². The van der Waals surface area contributed by atoms with E-state index in [-0.39, 0.29) is 47.2 Å². The molecule has 11 aromatic rings. The number of amides is 3. The zero-order valence-electron chi connectivity index (χ0n) is 58.7. The molecule has 0 saturated carbocycles. The Bertz CT molecular complexity index is 5540. The first kappa shape index (κ1) is 77.4. The number of piperazine rings is 3. The molecule has 0 atom stereocenters. The summed E-state index contributed by atoms with van der Waals surface area (Å²) in [6.07, 6.45) is 0. The van der Waals surface area contributed by atoms with Crippen molar-refractivity contribution in [1.82, 2.24) is 33.3 Å². The monoisotopic (exact) mass is 1570 g/mol. The third-order valence-corrected chi connectivity index (χ3v) is 20.9. The Morgan fingerprint density at radius 2 is 0.716 bits per heavy atom. The van der Waals surface area contributed by atoms with Crippen LogP contribution in [0.3, 0.4) is 0 Å². The lowest BCUT2D eigenvalue weighted by Gasteiger charge is -2.36. The topological polar surface area (TPSA) is 269 Å². The summed E-state index contributed by atoms with van der Waals surface area (Å²) in [5.41, 5.74) is 2.07. The van der Waals surface area contributed by atoms with Crippen molar-refractivity contribution < 1.29 is 33.5 Å². The zero-order valence-corrected chi connectivity index (χ0v) is 62.5. The smallest absolute Gasteiger partial charge is 0.357 e. The van der Waals surface area contributed by atoms with Gasteiger partial charge >= 0.3 is 33.7 Å². The Kier molecular flexibility index (Phi) is 24.1. The van der Waals surface area contributed by atoms with Crippen molar-refractivity contribution in [2.24, 2.45) is 0 Å². The van der Waals surface area contributed by atoms with Gasteiger partial charge in [0.1, 0.15) is 22.9 Å². The van der Waals surface area contributed by atoms with E-state index in [1.807, 2.05) is 89.5 Å². The molecule has 3 fully saturated rings. The summed E-state index contributed by atoms with van der Waals surface area (Å²) in [6.45, 7) is 5.22. The van der Waals surface area contributed by atoms with Crippen LogP contribution in [0.1, 0.15) is 42.2 Å². The fourth-order valence-corrected chi connectivity index (χ4v) is 14.5. The van der Waals surface area contributed by atoms with Crippen LogP contribution in [0.5, 0.6) is 0 Å². The van der Waals surface area contributed by atoms with Crippen LogP contribution < -0.4 is 31.4 Å². The molecule has 560 valence electrons. The molecule has 3 saturated heterocycles. The Hall–Kier alpha value is -11.3. The lowest BCUT2D eigenvalue weighted by atomic mass is 10.1. The Balaban J connectivity index is 0.000000153. The maximum absolute atomic E-state index is 13.5. The summed E-state index contributed by atoms with van der Waals surface area (Å²) in [4.78, 5) is 126. The molecule has 0 radical (unpaired) electrons. The third kappa shape index (κ3) is 16.9. The number of rotatable bonds is 16. The first-order valence-electron chi connectivity index (χ1n) is 34.5. The molecule has 109 heavy (non-hydrogen) atoms. The Morgan fingerprint density at radius 3 is 1.07 bits per heavy atom. The molecule has 8 aromatic carbocycles. The SMILES string of the molecule is CN(C)CCn1c(=O)c([N+](=O)[O-])c(N2CCN(C(=O)c3ccc(Cl)cc3)CC2)c2ccccc21.O=C(c1ccc(Cl)c(Cl)c1)N1CCN(c2c([N+](=O)[O-])c(=O)n(Cc3ccc(F)cc3)c3ccccc23)CC1.O=C(c1ccc(Cl)c(Cl)c1)N1CCN(c2c([N+](=O)[O-])c(=O)n(Cc3ccccc3)c3ccccc23)CC1. The second kappa shape index (κ2) is 33.9. The minimum atomic E-state index is -0.748. The van der Waals surface area contributed by atoms with Crippen molar-refractivity contribution in [2.75, 3.05) is 114 Å². The molecule has 31 heteroatoms. The van der Waals surface area contributed by atoms with Gasteiger partial charge in [-0.2, -0.15) is 0 Å². The minimum absolute atomic E-state index is 0.0483. The molecule has 0 aliphatic carbocycles. The molecule has 3 amide bonds. The van der Waals surface area contributed by atoms with Crippen molar-refractivity contribution in [1.29, 1.82) is 0 Å². The highest BCUT2D eigenvalue weighted by atomic mass is 35.5. The Morgan fingerprint density at radius 1 is 0.394 bits per heavy atom. The van der Waals surface area contributed by atoms with Crippen LogP contribution in [0, 0.1) is 36.2 Å². The molecule has 0 N–H and O–H groups in total. The number of para-hydroxylation sites is 3. The number of anilines is 3. The van der Waals surface area contributed by atoms with Crippen molar-refractivity contribution in [3.63, 3.8) is 0 Å². The predicted molar refractivity (Wildman–Crippen MR) is 423 cm³/mol. The average Bonchev–Trinajstić information content (AvgIpc) is 0.757. The van der Waals surface area contributed by atoms with Crippen molar-refractivity contribution in [2.45, 2.75) is 19.6 Å². The standard InChI is InChI=1S/C27H21Cl2FN4O4.C27H22Cl2N4O4.C24H26ClN5O4/c28-21-10-7-18(15-22(21)29)26(35)32-13-11-31(12-14-32)24-20-3-1-2-4-23(20)33(27(36)25(24)34(37)38)16-17-5-8-19(30)9-6-17;28-21-11-10-19(16-22(21)29)26(34)31-14-12-30(13-15-31)24-20-8-4-5-9-23(20)32(27(35)25(24)33(36)37)17-18-6-2-1-3-7-18;1-26(2)11-16-29-20-6-4-3-5-19(20)21(22(24(29)32)30(33)34)27-12-14-28(15-13-27)23(31)17-7-9-18(25)10-8-17/h1-10,15H,11-14,16H2;1-11,16H,12-15,17H2;3-10H,11-16H2,1-2H3. The quantitative estimate of drug-likeness (QED) is 0.0642. The van der Waals surface area contributed by atoms with Gasteiger partial charge in [-0.3, -0.25) is 68.2 Å². The number of hydrogen-bond donors (Lipinski definition) is 0. The highest BCUT2D eigenvalue weighted by Gasteiger charge is 2.37. The van der Waals surface area contributed by atoms with Crippen molar-refractivity contribution in [3.05, 3.63) is 308 Å². The van der Waals surface area contributed by atoms with Crippen molar-refractivity contribution in [3.8, 4) is 0 Å². The molecule has 3 aromatic heterocycles. The largest absolute Gasteiger partial charge is 0.362 e. The number of likely N-dealkylation sites (N-methyl/N-ethyl adjacent to an activating group) is 1. The summed E-state index contributed by atoms with van der Waals surface area (Å²) < 4.78 is 17.7. The number of fused-ring (bicyclic) bond motifs is 3. The van der Waals surface area contributed by atoms with Crippen molar-refractivity contribution >= 4 is 143 Å². The summed E-state index contributed by atoms with van der Waals surface area (Å²) in [5.74, 6) is -0.952. The van der Waals surface area contributed by atoms with E-state index in [2.05, 4.69) is 0 Å². The van der Waals surface area contributed by atoms with E-state index in [4.69, 9.17) is 58.0 Å². The van der Waals surface area contributed by atoms with E-state index >= 15 is 0 Å². The molecule has 3 aliphatic heterocycles. The van der Waals surface area contributed by atoms with Crippen LogP contribution in [0.2, 0.25) is 25.1 Å². The molecule has 25 nitrogen and oxygen atoms in total. The first-order valence-corrected chi connectivity index (χ1v) is 36.4. The minimum Gasteiger partial charge on any atom is -0.362 e. The predicted octanol–water partition coefficient (Wildman–Crippen LogP) is 13.7. The van der Waals surface area contributed by atoms with Gasteiger partial charge in [0.25, 0.3) is 17.7 Å². The average molecular weight is 1580 g/mol. The fraction of sp³-hybridized carbons (Fsp3) is 0.231. The number of pyridine rings is 3. The highest BCUT2D eigenvalue weighted by Crippen LogP contribution is 2.39. The second-order valence-corrected chi connectivity index (χ2v) is 28.2. The number of benzene rings is 8. The van der Waals surface area contributed by atoms with Gasteiger partial charge in [0, 0.05) is 129 Å². The summed E-state index contributed by atoms with van der Waals surface area (Å²) >= 11 is 30.0. The number of carbonyl (C=O) groups excluding carboxylic acids is 3. The second-order valence-electron chi connectivity index (χ2n) is 26.2. The van der Waals surface area contributed by atoms with Crippen LogP contribution in [-0.4, -0.2) is 165 Å². The van der Waals surface area contributed by atoms with E-state index in [9.17, 15) is 63.5 Å². The molecule has 0 spiro atoms. The van der Waals surface area contributed by atoms with Crippen LogP contribution in [0.4, 0.5) is 38.5 Å². The molecular weight excluding hydrogens is 1510 g/mol. The zero-order chi connectivity index (χ0) is 77.5. The van der Waals surface area contributed by atoms with Gasteiger partial charge in [-0.05, 0) is 116 Å². The number of aromatic nitrogens is 3. The van der Waals surface area contributed by atoms with Crippen LogP contribution >= 0.6 is 58.0 Å². The Labute approximate surface area is 647 Å². The fourth-order valence-electron chi connectivity index (χ4n) is 13.8. The van der Waals surface area contributed by atoms with Gasteiger partial charge in [0.15, 0.2) is 0 Å². The molecular formula is C78H69Cl5FN13O12. The lowest BCUT2D eigenvalue weighted by molar-refractivity contribution is -0.385. The number of halogens is 6. The van der Waals surface area contributed by atoms with E-state index in [0.29, 0.717) is 172 Å². The van der Waals surface area contributed by atoms with E-state index in [1.165, 1.54) is 38.0 Å². The summed E-state index contributed by atoms with van der Waals surface area (Å²) in [6, 6.07) is 52.6. The number of carbonyl (C=O) groups is 3. The van der Waals surface area contributed by atoms with Gasteiger partial charge in [0.2, 0.25) is 0 Å².